The minimum Gasteiger partial charge on any atom is -0.329 e. The Labute approximate surface area is 114 Å². The number of nitrogens with two attached hydrogens (primary N) is 1. The van der Waals surface area contributed by atoms with E-state index in [1.165, 1.54) is 38.6 Å². The van der Waals surface area contributed by atoms with Gasteiger partial charge in [0.2, 0.25) is 0 Å². The third-order valence-electron chi connectivity index (χ3n) is 4.38. The summed E-state index contributed by atoms with van der Waals surface area (Å²) in [6.45, 7) is 13.7. The Balaban J connectivity index is 2.73. The van der Waals surface area contributed by atoms with Gasteiger partial charge in [-0.3, -0.25) is 4.90 Å². The first-order chi connectivity index (χ1) is 8.36. The van der Waals surface area contributed by atoms with Crippen LogP contribution in [-0.4, -0.2) is 30.1 Å². The molecule has 0 aromatic rings. The Morgan fingerprint density at radius 1 is 1.17 bits per heavy atom. The fraction of sp³-hybridized carbons (Fsp3) is 1.00. The molecule has 0 bridgehead atoms. The predicted octanol–water partition coefficient (Wildman–Crippen LogP) is 3.65. The van der Waals surface area contributed by atoms with Crippen molar-refractivity contribution in [3.8, 4) is 0 Å². The first kappa shape index (κ1) is 16.0. The van der Waals surface area contributed by atoms with E-state index in [2.05, 4.69) is 39.5 Å². The zero-order chi connectivity index (χ0) is 13.8. The maximum absolute atomic E-state index is 6.09. The van der Waals surface area contributed by atoms with Crippen molar-refractivity contribution in [2.45, 2.75) is 78.8 Å². The van der Waals surface area contributed by atoms with Crippen LogP contribution in [0.4, 0.5) is 0 Å². The lowest BCUT2D eigenvalue weighted by molar-refractivity contribution is 0.0603. The van der Waals surface area contributed by atoms with E-state index in [4.69, 9.17) is 5.73 Å². The van der Waals surface area contributed by atoms with Gasteiger partial charge in [-0.05, 0) is 37.1 Å². The molecule has 0 aromatic carbocycles. The van der Waals surface area contributed by atoms with Gasteiger partial charge in [-0.25, -0.2) is 0 Å². The van der Waals surface area contributed by atoms with Gasteiger partial charge < -0.3 is 5.73 Å². The summed E-state index contributed by atoms with van der Waals surface area (Å²) in [6.07, 6.45) is 6.87. The first-order valence-corrected chi connectivity index (χ1v) is 7.82. The molecule has 1 aliphatic rings. The van der Waals surface area contributed by atoms with Gasteiger partial charge in [-0.2, -0.15) is 0 Å². The summed E-state index contributed by atoms with van der Waals surface area (Å²) in [5.41, 5.74) is 6.38. The molecule has 108 valence electrons. The second-order valence-corrected chi connectivity index (χ2v) is 7.48. The van der Waals surface area contributed by atoms with Crippen LogP contribution in [0.1, 0.15) is 66.7 Å². The number of hydrogen-bond donors (Lipinski definition) is 1. The van der Waals surface area contributed by atoms with Crippen molar-refractivity contribution < 1.29 is 0 Å². The Morgan fingerprint density at radius 2 is 1.72 bits per heavy atom. The topological polar surface area (TPSA) is 29.3 Å². The minimum absolute atomic E-state index is 0.286. The molecular weight excluding hydrogens is 220 g/mol. The summed E-state index contributed by atoms with van der Waals surface area (Å²) in [6, 6.07) is 1.32. The lowest BCUT2D eigenvalue weighted by Gasteiger charge is -2.43. The first-order valence-electron chi connectivity index (χ1n) is 7.82. The lowest BCUT2D eigenvalue weighted by Crippen LogP contribution is -2.52. The van der Waals surface area contributed by atoms with Gasteiger partial charge >= 0.3 is 0 Å². The van der Waals surface area contributed by atoms with Gasteiger partial charge in [-0.1, -0.05) is 47.5 Å². The van der Waals surface area contributed by atoms with E-state index < -0.39 is 0 Å². The third-order valence-corrected chi connectivity index (χ3v) is 4.38. The summed E-state index contributed by atoms with van der Waals surface area (Å²) in [4.78, 5) is 2.74. The molecular formula is C16H34N2. The quantitative estimate of drug-likeness (QED) is 0.784. The fourth-order valence-electron chi connectivity index (χ4n) is 3.22. The molecule has 1 rings (SSSR count). The molecule has 2 N–H and O–H groups in total. The number of rotatable bonds is 6. The second-order valence-electron chi connectivity index (χ2n) is 7.48. The highest BCUT2D eigenvalue weighted by atomic mass is 15.2. The maximum atomic E-state index is 6.09. The van der Waals surface area contributed by atoms with Crippen molar-refractivity contribution in [2.75, 3.05) is 13.1 Å². The largest absolute Gasteiger partial charge is 0.329 e. The highest BCUT2D eigenvalue weighted by Gasteiger charge is 2.34. The molecule has 2 nitrogen and oxygen atoms in total. The summed E-state index contributed by atoms with van der Waals surface area (Å²) < 4.78 is 0. The van der Waals surface area contributed by atoms with Crippen molar-refractivity contribution in [3.05, 3.63) is 0 Å². The van der Waals surface area contributed by atoms with E-state index in [0.717, 1.165) is 18.5 Å². The van der Waals surface area contributed by atoms with E-state index >= 15 is 0 Å². The molecule has 0 heterocycles. The van der Waals surface area contributed by atoms with Crippen molar-refractivity contribution in [1.82, 2.24) is 4.90 Å². The molecule has 2 heteroatoms. The van der Waals surface area contributed by atoms with Crippen molar-refractivity contribution >= 4 is 0 Å². The van der Waals surface area contributed by atoms with Gasteiger partial charge in [-0.15, -0.1) is 0 Å². The van der Waals surface area contributed by atoms with Crippen LogP contribution in [0.5, 0.6) is 0 Å². The van der Waals surface area contributed by atoms with Gasteiger partial charge in [0.25, 0.3) is 0 Å². The molecule has 1 fully saturated rings. The third kappa shape index (κ3) is 4.55. The molecule has 0 radical (unpaired) electrons. The van der Waals surface area contributed by atoms with Gasteiger partial charge in [0.05, 0.1) is 0 Å². The molecule has 1 unspecified atom stereocenters. The zero-order valence-corrected chi connectivity index (χ0v) is 13.2. The molecule has 0 spiro atoms. The highest BCUT2D eigenvalue weighted by Crippen LogP contribution is 2.32. The smallest absolute Gasteiger partial charge is 0.0269 e. The molecule has 0 aromatic heterocycles. The molecule has 0 saturated heterocycles. The van der Waals surface area contributed by atoms with Crippen LogP contribution in [-0.2, 0) is 0 Å². The van der Waals surface area contributed by atoms with Crippen LogP contribution in [0, 0.1) is 11.3 Å². The summed E-state index contributed by atoms with van der Waals surface area (Å²) in [7, 11) is 0. The molecule has 18 heavy (non-hydrogen) atoms. The van der Waals surface area contributed by atoms with Crippen molar-refractivity contribution in [1.29, 1.82) is 0 Å². The monoisotopic (exact) mass is 254 g/mol. The SMILES string of the molecule is CC(C)CCN(C1CCCC1)C(CN)C(C)(C)C. The average molecular weight is 254 g/mol. The summed E-state index contributed by atoms with van der Waals surface area (Å²) >= 11 is 0. The molecule has 1 aliphatic carbocycles. The van der Waals surface area contributed by atoms with E-state index in [0.29, 0.717) is 6.04 Å². The van der Waals surface area contributed by atoms with Crippen LogP contribution >= 0.6 is 0 Å². The Morgan fingerprint density at radius 3 is 2.11 bits per heavy atom. The zero-order valence-electron chi connectivity index (χ0n) is 13.2. The van der Waals surface area contributed by atoms with Gasteiger partial charge in [0, 0.05) is 18.6 Å². The lowest BCUT2D eigenvalue weighted by atomic mass is 9.84. The average Bonchev–Trinajstić information content (AvgIpc) is 2.74. The van der Waals surface area contributed by atoms with Crippen LogP contribution in [0.15, 0.2) is 0 Å². The van der Waals surface area contributed by atoms with Crippen molar-refractivity contribution in [3.63, 3.8) is 0 Å². The normalized spacial score (nSPS) is 20.0. The predicted molar refractivity (Wildman–Crippen MR) is 80.7 cm³/mol. The van der Waals surface area contributed by atoms with Gasteiger partial charge in [0.15, 0.2) is 0 Å². The van der Waals surface area contributed by atoms with Crippen LogP contribution in [0.2, 0.25) is 0 Å². The molecule has 1 saturated carbocycles. The van der Waals surface area contributed by atoms with Crippen LogP contribution in [0.25, 0.3) is 0 Å². The highest BCUT2D eigenvalue weighted by molar-refractivity contribution is 4.89. The fourth-order valence-corrected chi connectivity index (χ4v) is 3.22. The number of hydrogen-bond acceptors (Lipinski definition) is 2. The van der Waals surface area contributed by atoms with E-state index in [1.807, 2.05) is 0 Å². The van der Waals surface area contributed by atoms with E-state index in [-0.39, 0.29) is 5.41 Å². The van der Waals surface area contributed by atoms with Crippen LogP contribution < -0.4 is 5.73 Å². The van der Waals surface area contributed by atoms with Crippen LogP contribution in [0.3, 0.4) is 0 Å². The van der Waals surface area contributed by atoms with Crippen molar-refractivity contribution in [2.24, 2.45) is 17.1 Å². The van der Waals surface area contributed by atoms with Gasteiger partial charge in [0.1, 0.15) is 0 Å². The summed E-state index contributed by atoms with van der Waals surface area (Å²) in [5.74, 6) is 0.785. The molecule has 1 atom stereocenters. The Bertz CT molecular complexity index is 224. The minimum atomic E-state index is 0.286. The van der Waals surface area contributed by atoms with E-state index in [9.17, 15) is 0 Å². The molecule has 0 amide bonds. The standard InChI is InChI=1S/C16H34N2/c1-13(2)10-11-18(14-8-6-7-9-14)15(12-17)16(3,4)5/h13-15H,6-12,17H2,1-5H3. The number of nitrogens with zero attached hydrogens (tertiary/aromatic N) is 1. The Kier molecular flexibility index (Phi) is 6.13. The summed E-state index contributed by atoms with van der Waals surface area (Å²) in [5, 5.41) is 0. The second kappa shape index (κ2) is 6.91. The Hall–Kier alpha value is -0.0800. The molecule has 0 aliphatic heterocycles. The van der Waals surface area contributed by atoms with E-state index in [1.54, 1.807) is 0 Å². The maximum Gasteiger partial charge on any atom is 0.0269 e.